The van der Waals surface area contributed by atoms with Crippen LogP contribution in [0.15, 0.2) is 68.7 Å². The molecule has 0 amide bonds. The number of aliphatic hydroxyl groups excluding tert-OH is 2. The molecule has 0 unspecified atom stereocenters. The largest absolute Gasteiger partial charge is 0.394 e. The smallest absolute Gasteiger partial charge is 0.209 e. The summed E-state index contributed by atoms with van der Waals surface area (Å²) in [7, 11) is 0. The molecule has 0 radical (unpaired) electrons. The van der Waals surface area contributed by atoms with Gasteiger partial charge in [-0.2, -0.15) is 10.2 Å². The van der Waals surface area contributed by atoms with Crippen molar-refractivity contribution in [2.24, 2.45) is 31.7 Å². The van der Waals surface area contributed by atoms with Gasteiger partial charge in [0, 0.05) is 24.3 Å². The molecule has 3 rings (SSSR count). The van der Waals surface area contributed by atoms with Crippen LogP contribution < -0.4 is 22.3 Å². The molecule has 10 nitrogen and oxygen atoms in total. The Balaban J connectivity index is 0.00000289. The van der Waals surface area contributed by atoms with Gasteiger partial charge in [0.15, 0.2) is 0 Å². The number of benzene rings is 2. The first-order valence-electron chi connectivity index (χ1n) is 10.2. The van der Waals surface area contributed by atoms with Crippen LogP contribution in [0.5, 0.6) is 0 Å². The van der Waals surface area contributed by atoms with Crippen molar-refractivity contribution in [2.45, 2.75) is 11.8 Å². The molecule has 1 aliphatic carbocycles. The normalized spacial score (nSPS) is 17.5. The number of rotatable bonds is 8. The molecular weight excluding hydrogens is 662 g/mol. The van der Waals surface area contributed by atoms with Crippen LogP contribution in [-0.4, -0.2) is 60.9 Å². The van der Waals surface area contributed by atoms with Crippen LogP contribution in [-0.2, 0) is 0 Å². The molecule has 0 aliphatic heterocycles. The zero-order chi connectivity index (χ0) is 22.8. The number of fused-ring (bicyclic) bond motifs is 2. The Bertz CT molecular complexity index is 902. The van der Waals surface area contributed by atoms with E-state index in [4.69, 9.17) is 21.7 Å². The Kier molecular flexibility index (Phi) is 13.6. The molecule has 0 aromatic heterocycles. The lowest BCUT2D eigenvalue weighted by Crippen LogP contribution is -2.29. The maximum atomic E-state index is 8.85. The lowest BCUT2D eigenvalue weighted by Gasteiger charge is -2.30. The molecule has 0 saturated heterocycles. The summed E-state index contributed by atoms with van der Waals surface area (Å²) in [4.78, 5) is 7.91. The number of nitrogens with zero attached hydrogens (tertiary/aromatic N) is 4. The van der Waals surface area contributed by atoms with Crippen LogP contribution in [0.25, 0.3) is 0 Å². The number of nitrogens with two attached hydrogens (primary N) is 2. The quantitative estimate of drug-likeness (QED) is 0.106. The van der Waals surface area contributed by atoms with E-state index in [1.807, 2.05) is 24.3 Å². The predicted octanol–water partition coefficient (Wildman–Crippen LogP) is 1.26. The van der Waals surface area contributed by atoms with E-state index in [2.05, 4.69) is 55.3 Å². The van der Waals surface area contributed by atoms with Crippen molar-refractivity contribution in [2.75, 3.05) is 26.3 Å². The minimum Gasteiger partial charge on any atom is -0.394 e. The monoisotopic (exact) mass is 692 g/mol. The Morgan fingerprint density at radius 2 is 1.03 bits per heavy atom. The maximum absolute atomic E-state index is 8.85. The standard InChI is InChI=1S/C22H28N8O2.2HI/c23-21(25-9-11-31)29-27-13-19-15-5-1-2-6-16(15)20(18-8-4-3-7-17(18)19)14-28-30-22(24)26-10-12-32;;/h1-8,13-14,19-20,31-32H,9-12H2,(H3,23,25,29)(H3,24,26,30);2*1H. The summed E-state index contributed by atoms with van der Waals surface area (Å²) < 4.78 is 0. The first kappa shape index (κ1) is 29.7. The van der Waals surface area contributed by atoms with E-state index in [1.165, 1.54) is 0 Å². The SMILES string of the molecule is I.I.NC(=NCCO)NN=CC1c2ccccc2C(C=NNC(N)=NCCO)c2ccccc21. The second-order valence-corrected chi connectivity index (χ2v) is 6.97. The molecule has 1 aliphatic rings. The minimum atomic E-state index is -0.0886. The summed E-state index contributed by atoms with van der Waals surface area (Å²) in [6, 6.07) is 16.2. The van der Waals surface area contributed by atoms with Gasteiger partial charge in [0.25, 0.3) is 0 Å². The summed E-state index contributed by atoms with van der Waals surface area (Å²) in [6.45, 7) is 0.278. The summed E-state index contributed by atoms with van der Waals surface area (Å²) >= 11 is 0. The fourth-order valence-electron chi connectivity index (χ4n) is 3.58. The Morgan fingerprint density at radius 1 is 0.706 bits per heavy atom. The van der Waals surface area contributed by atoms with E-state index >= 15 is 0 Å². The number of aliphatic hydroxyl groups is 2. The predicted molar refractivity (Wildman–Crippen MR) is 158 cm³/mol. The van der Waals surface area contributed by atoms with E-state index in [9.17, 15) is 0 Å². The molecule has 8 N–H and O–H groups in total. The molecule has 34 heavy (non-hydrogen) atoms. The summed E-state index contributed by atoms with van der Waals surface area (Å²) in [5.74, 6) is 0.108. The second kappa shape index (κ2) is 15.6. The fourth-order valence-corrected chi connectivity index (χ4v) is 3.58. The van der Waals surface area contributed by atoms with Crippen LogP contribution in [0, 0.1) is 0 Å². The van der Waals surface area contributed by atoms with E-state index < -0.39 is 0 Å². The van der Waals surface area contributed by atoms with Crippen molar-refractivity contribution >= 4 is 72.3 Å². The molecule has 2 aromatic carbocycles. The van der Waals surface area contributed by atoms with Gasteiger partial charge in [0.1, 0.15) is 0 Å². The van der Waals surface area contributed by atoms with E-state index in [0.29, 0.717) is 0 Å². The van der Waals surface area contributed by atoms with E-state index in [1.54, 1.807) is 12.4 Å². The highest BCUT2D eigenvalue weighted by Gasteiger charge is 2.30. The van der Waals surface area contributed by atoms with Gasteiger partial charge in [-0.05, 0) is 22.3 Å². The topological polar surface area (TPSA) is 166 Å². The average Bonchev–Trinajstić information content (AvgIpc) is 2.82. The summed E-state index contributed by atoms with van der Waals surface area (Å²) in [5, 5.41) is 26.2. The van der Waals surface area contributed by atoms with E-state index in [-0.39, 0.29) is 98.0 Å². The minimum absolute atomic E-state index is 0. The van der Waals surface area contributed by atoms with Crippen molar-refractivity contribution in [3.8, 4) is 0 Å². The summed E-state index contributed by atoms with van der Waals surface area (Å²) in [6.07, 6.45) is 3.59. The number of halogens is 2. The average molecular weight is 692 g/mol. The van der Waals surface area contributed by atoms with Gasteiger partial charge >= 0.3 is 0 Å². The number of nitrogens with one attached hydrogen (secondary N) is 2. The van der Waals surface area contributed by atoms with Gasteiger partial charge < -0.3 is 21.7 Å². The molecule has 0 spiro atoms. The van der Waals surface area contributed by atoms with Crippen LogP contribution in [0.1, 0.15) is 34.1 Å². The van der Waals surface area contributed by atoms with Crippen molar-refractivity contribution in [1.82, 2.24) is 10.9 Å². The third-order valence-corrected chi connectivity index (χ3v) is 4.90. The van der Waals surface area contributed by atoms with Gasteiger partial charge in [-0.3, -0.25) is 0 Å². The lowest BCUT2D eigenvalue weighted by atomic mass is 9.73. The number of aliphatic imine (C=N–C) groups is 2. The van der Waals surface area contributed by atoms with Gasteiger partial charge in [-0.25, -0.2) is 20.8 Å². The number of hydrogen-bond acceptors (Lipinski definition) is 6. The fraction of sp³-hybridized carbons (Fsp3) is 0.273. The van der Waals surface area contributed by atoms with E-state index in [0.717, 1.165) is 22.3 Å². The molecule has 0 heterocycles. The Hall–Kier alpha value is -2.30. The first-order valence-corrected chi connectivity index (χ1v) is 10.2. The van der Waals surface area contributed by atoms with Crippen LogP contribution >= 0.6 is 48.0 Å². The number of hydrazone groups is 2. The lowest BCUT2D eigenvalue weighted by molar-refractivity contribution is 0.306. The molecule has 12 heteroatoms. The molecule has 0 bridgehead atoms. The maximum Gasteiger partial charge on any atom is 0.209 e. The molecule has 184 valence electrons. The Labute approximate surface area is 232 Å². The van der Waals surface area contributed by atoms with Crippen LogP contribution in [0.4, 0.5) is 0 Å². The highest BCUT2D eigenvalue weighted by Crippen LogP contribution is 2.41. The van der Waals surface area contributed by atoms with Crippen molar-refractivity contribution in [3.63, 3.8) is 0 Å². The van der Waals surface area contributed by atoms with Crippen molar-refractivity contribution < 1.29 is 10.2 Å². The van der Waals surface area contributed by atoms with Gasteiger partial charge in [0.05, 0.1) is 26.3 Å². The van der Waals surface area contributed by atoms with Crippen molar-refractivity contribution in [3.05, 3.63) is 70.8 Å². The number of hydrogen-bond donors (Lipinski definition) is 6. The van der Waals surface area contributed by atoms with Crippen LogP contribution in [0.2, 0.25) is 0 Å². The number of guanidine groups is 2. The highest BCUT2D eigenvalue weighted by molar-refractivity contribution is 14.0. The zero-order valence-electron chi connectivity index (χ0n) is 18.4. The van der Waals surface area contributed by atoms with Gasteiger partial charge in [0.2, 0.25) is 11.9 Å². The van der Waals surface area contributed by atoms with Gasteiger partial charge in [-0.1, -0.05) is 48.5 Å². The molecule has 0 saturated carbocycles. The third kappa shape index (κ3) is 7.89. The highest BCUT2D eigenvalue weighted by atomic mass is 127. The molecule has 0 fully saturated rings. The molecular formula is C22H30I2N8O2. The first-order chi connectivity index (χ1) is 15.7. The molecule has 2 aromatic rings. The third-order valence-electron chi connectivity index (χ3n) is 4.90. The zero-order valence-corrected chi connectivity index (χ0v) is 23.1. The van der Waals surface area contributed by atoms with Gasteiger partial charge in [-0.15, -0.1) is 48.0 Å². The Morgan fingerprint density at radius 3 is 1.32 bits per heavy atom. The summed E-state index contributed by atoms with van der Waals surface area (Å²) in [5.41, 5.74) is 21.3. The van der Waals surface area contributed by atoms with Crippen LogP contribution in [0.3, 0.4) is 0 Å². The molecule has 0 atom stereocenters. The second-order valence-electron chi connectivity index (χ2n) is 6.97. The van der Waals surface area contributed by atoms with Crippen molar-refractivity contribution in [1.29, 1.82) is 0 Å².